The lowest BCUT2D eigenvalue weighted by Gasteiger charge is -2.57. The summed E-state index contributed by atoms with van der Waals surface area (Å²) in [4.78, 5) is 0. The van der Waals surface area contributed by atoms with Crippen molar-refractivity contribution in [3.8, 4) is 0 Å². The van der Waals surface area contributed by atoms with Crippen LogP contribution in [0.25, 0.3) is 11.0 Å². The molecular weight excluding hydrogens is 290 g/mol. The van der Waals surface area contributed by atoms with Gasteiger partial charge < -0.3 is 19.2 Å². The van der Waals surface area contributed by atoms with Crippen molar-refractivity contribution in [2.24, 2.45) is 5.41 Å². The number of furan rings is 1. The van der Waals surface area contributed by atoms with Gasteiger partial charge in [0, 0.05) is 48.8 Å². The average Bonchev–Trinajstić information content (AvgIpc) is 3.01. The van der Waals surface area contributed by atoms with E-state index in [2.05, 4.69) is 24.4 Å². The van der Waals surface area contributed by atoms with E-state index in [1.165, 1.54) is 10.9 Å². The summed E-state index contributed by atoms with van der Waals surface area (Å²) in [6.45, 7) is 5.45. The number of fused-ring (bicyclic) bond motifs is 1. The molecule has 1 aliphatic carbocycles. The lowest BCUT2D eigenvalue weighted by atomic mass is 9.57. The first kappa shape index (κ1) is 15.2. The molecule has 1 aliphatic heterocycles. The fraction of sp³-hybridized carbons (Fsp3) is 0.579. The highest BCUT2D eigenvalue weighted by molar-refractivity contribution is 5.80. The van der Waals surface area contributed by atoms with Crippen LogP contribution in [0.3, 0.4) is 0 Å². The van der Waals surface area contributed by atoms with E-state index >= 15 is 0 Å². The van der Waals surface area contributed by atoms with Crippen molar-refractivity contribution < 1.29 is 13.9 Å². The fourth-order valence-corrected chi connectivity index (χ4v) is 4.29. The second kappa shape index (κ2) is 6.27. The van der Waals surface area contributed by atoms with E-state index < -0.39 is 0 Å². The van der Waals surface area contributed by atoms with E-state index in [1.807, 2.05) is 18.4 Å². The third kappa shape index (κ3) is 2.59. The Kier molecular flexibility index (Phi) is 4.14. The van der Waals surface area contributed by atoms with Crippen LogP contribution >= 0.6 is 0 Å². The number of ether oxygens (including phenoxy) is 2. The summed E-state index contributed by atoms with van der Waals surface area (Å²) in [6.07, 6.45) is 5.56. The first-order chi connectivity index (χ1) is 11.3. The zero-order valence-corrected chi connectivity index (χ0v) is 13.7. The van der Waals surface area contributed by atoms with Crippen LogP contribution in [0, 0.1) is 5.41 Å². The van der Waals surface area contributed by atoms with Gasteiger partial charge in [-0.3, -0.25) is 0 Å². The highest BCUT2D eigenvalue weighted by Gasteiger charge is 2.55. The van der Waals surface area contributed by atoms with E-state index in [1.54, 1.807) is 0 Å². The quantitative estimate of drug-likeness (QED) is 0.917. The lowest BCUT2D eigenvalue weighted by molar-refractivity contribution is -0.173. The normalized spacial score (nSPS) is 26.5. The van der Waals surface area contributed by atoms with Crippen LogP contribution < -0.4 is 5.32 Å². The Hall–Kier alpha value is -1.36. The maximum Gasteiger partial charge on any atom is 0.134 e. The molecule has 2 aromatic rings. The van der Waals surface area contributed by atoms with Gasteiger partial charge in [-0.05, 0) is 32.3 Å². The van der Waals surface area contributed by atoms with Crippen molar-refractivity contribution in [1.29, 1.82) is 0 Å². The van der Waals surface area contributed by atoms with Crippen LogP contribution in [0.1, 0.15) is 31.7 Å². The first-order valence-electron chi connectivity index (χ1n) is 8.71. The van der Waals surface area contributed by atoms with Crippen LogP contribution in [0.4, 0.5) is 0 Å². The third-order valence-electron chi connectivity index (χ3n) is 5.68. The Bertz CT molecular complexity index is 659. The molecular formula is C19H25NO3. The number of nitrogens with one attached hydrogen (secondary N) is 1. The summed E-state index contributed by atoms with van der Waals surface area (Å²) in [6, 6.07) is 8.74. The van der Waals surface area contributed by atoms with Crippen LogP contribution in [0.5, 0.6) is 0 Å². The zero-order valence-electron chi connectivity index (χ0n) is 13.7. The molecule has 23 heavy (non-hydrogen) atoms. The van der Waals surface area contributed by atoms with Gasteiger partial charge >= 0.3 is 0 Å². The summed E-state index contributed by atoms with van der Waals surface area (Å²) in [5.41, 5.74) is 2.46. The fourth-order valence-electron chi connectivity index (χ4n) is 4.29. The van der Waals surface area contributed by atoms with E-state index in [0.29, 0.717) is 12.1 Å². The van der Waals surface area contributed by atoms with Crippen LogP contribution in [-0.4, -0.2) is 32.0 Å². The van der Waals surface area contributed by atoms with Gasteiger partial charge in [0.2, 0.25) is 0 Å². The van der Waals surface area contributed by atoms with E-state index in [-0.39, 0.29) is 5.41 Å². The van der Waals surface area contributed by atoms with Gasteiger partial charge in [0.1, 0.15) is 5.58 Å². The minimum Gasteiger partial charge on any atom is -0.464 e. The molecule has 1 spiro atoms. The Labute approximate surface area is 137 Å². The Morgan fingerprint density at radius 2 is 2.09 bits per heavy atom. The number of rotatable bonds is 5. The second-order valence-electron chi connectivity index (χ2n) is 6.72. The molecule has 1 N–H and O–H groups in total. The van der Waals surface area contributed by atoms with Gasteiger partial charge in [0.15, 0.2) is 0 Å². The van der Waals surface area contributed by atoms with E-state index in [4.69, 9.17) is 13.9 Å². The highest BCUT2D eigenvalue weighted by atomic mass is 16.5. The molecule has 1 aromatic heterocycles. The third-order valence-corrected chi connectivity index (χ3v) is 5.68. The number of hydrogen-bond acceptors (Lipinski definition) is 4. The molecule has 2 heterocycles. The molecule has 4 nitrogen and oxygen atoms in total. The first-order valence-corrected chi connectivity index (χ1v) is 8.71. The number of benzene rings is 1. The summed E-state index contributed by atoms with van der Waals surface area (Å²) in [5.74, 6) is 0. The van der Waals surface area contributed by atoms with E-state index in [9.17, 15) is 0 Å². The molecule has 1 saturated carbocycles. The Morgan fingerprint density at radius 1 is 1.26 bits per heavy atom. The van der Waals surface area contributed by atoms with Crippen LogP contribution in [0.2, 0.25) is 0 Å². The topological polar surface area (TPSA) is 43.6 Å². The lowest BCUT2D eigenvalue weighted by Crippen LogP contribution is -2.65. The molecule has 1 aromatic carbocycles. The predicted octanol–water partition coefficient (Wildman–Crippen LogP) is 3.50. The van der Waals surface area contributed by atoms with Crippen molar-refractivity contribution >= 4 is 11.0 Å². The number of hydrogen-bond donors (Lipinski definition) is 1. The maximum atomic E-state index is 5.99. The molecule has 2 unspecified atom stereocenters. The van der Waals surface area contributed by atoms with Gasteiger partial charge in [0.05, 0.1) is 12.4 Å². The standard InChI is InChI=1S/C19H25NO3/c1-2-22-18-11-17(19(18)7-9-21-10-8-19)20-12-14-13-23-16-6-4-3-5-15(14)16/h3-6,13,17-18,20H,2,7-12H2,1H3. The minimum atomic E-state index is 0.258. The molecule has 0 bridgehead atoms. The summed E-state index contributed by atoms with van der Waals surface area (Å²) in [5, 5.41) is 4.98. The molecule has 124 valence electrons. The number of para-hydroxylation sites is 1. The monoisotopic (exact) mass is 315 g/mol. The van der Waals surface area contributed by atoms with Gasteiger partial charge in [-0.25, -0.2) is 0 Å². The molecule has 2 fully saturated rings. The summed E-state index contributed by atoms with van der Waals surface area (Å²) >= 11 is 0. The average molecular weight is 315 g/mol. The van der Waals surface area contributed by atoms with Gasteiger partial charge in [0.25, 0.3) is 0 Å². The van der Waals surface area contributed by atoms with Crippen molar-refractivity contribution in [2.75, 3.05) is 19.8 Å². The molecule has 4 heteroatoms. The van der Waals surface area contributed by atoms with Crippen molar-refractivity contribution in [2.45, 2.75) is 44.9 Å². The molecule has 2 aliphatic rings. The predicted molar refractivity (Wildman–Crippen MR) is 89.4 cm³/mol. The highest BCUT2D eigenvalue weighted by Crippen LogP contribution is 2.50. The molecule has 0 radical (unpaired) electrons. The Balaban J connectivity index is 1.46. The van der Waals surface area contributed by atoms with Crippen molar-refractivity contribution in [3.05, 3.63) is 36.1 Å². The van der Waals surface area contributed by atoms with Gasteiger partial charge in [-0.15, -0.1) is 0 Å². The summed E-state index contributed by atoms with van der Waals surface area (Å²) < 4.78 is 17.2. The van der Waals surface area contributed by atoms with Crippen LogP contribution in [-0.2, 0) is 16.0 Å². The van der Waals surface area contributed by atoms with Gasteiger partial charge in [-0.1, -0.05) is 18.2 Å². The molecule has 0 amide bonds. The van der Waals surface area contributed by atoms with E-state index in [0.717, 1.165) is 51.2 Å². The largest absolute Gasteiger partial charge is 0.464 e. The summed E-state index contributed by atoms with van der Waals surface area (Å²) in [7, 11) is 0. The molecule has 1 saturated heterocycles. The van der Waals surface area contributed by atoms with Crippen LogP contribution in [0.15, 0.2) is 34.9 Å². The zero-order chi connectivity index (χ0) is 15.7. The van der Waals surface area contributed by atoms with Gasteiger partial charge in [-0.2, -0.15) is 0 Å². The maximum absolute atomic E-state index is 5.99. The van der Waals surface area contributed by atoms with Crippen molar-refractivity contribution in [3.63, 3.8) is 0 Å². The smallest absolute Gasteiger partial charge is 0.134 e. The second-order valence-corrected chi connectivity index (χ2v) is 6.72. The Morgan fingerprint density at radius 3 is 2.91 bits per heavy atom. The minimum absolute atomic E-state index is 0.258. The molecule has 4 rings (SSSR count). The molecule has 2 atom stereocenters. The van der Waals surface area contributed by atoms with Crippen molar-refractivity contribution in [1.82, 2.24) is 5.32 Å². The SMILES string of the molecule is CCOC1CC(NCc2coc3ccccc23)C12CCOCC2.